The lowest BCUT2D eigenvalue weighted by atomic mass is 9.99. The van der Waals surface area contributed by atoms with E-state index in [0.717, 1.165) is 12.0 Å². The second kappa shape index (κ2) is 6.28. The van der Waals surface area contributed by atoms with Crippen LogP contribution >= 0.6 is 0 Å². The highest BCUT2D eigenvalue weighted by Crippen LogP contribution is 2.05. The Bertz CT molecular complexity index is 324. The van der Waals surface area contributed by atoms with Gasteiger partial charge in [-0.15, -0.1) is 0 Å². The first-order valence-corrected chi connectivity index (χ1v) is 5.72. The Balaban J connectivity index is 2.41. The highest BCUT2D eigenvalue weighted by atomic mass is 16.2. The van der Waals surface area contributed by atoms with E-state index < -0.39 is 6.04 Å². The summed E-state index contributed by atoms with van der Waals surface area (Å²) in [7, 11) is 0. The summed E-state index contributed by atoms with van der Waals surface area (Å²) in [6.07, 6.45) is 0.917. The molecule has 3 N–H and O–H groups in total. The molecule has 3 heteroatoms. The Morgan fingerprint density at radius 1 is 1.38 bits per heavy atom. The quantitative estimate of drug-likeness (QED) is 0.793. The summed E-state index contributed by atoms with van der Waals surface area (Å²) in [5.74, 6) is 0.147. The Hall–Kier alpha value is -1.35. The van der Waals surface area contributed by atoms with Crippen LogP contribution in [0.5, 0.6) is 0 Å². The molecular weight excluding hydrogens is 200 g/mol. The van der Waals surface area contributed by atoms with Crippen LogP contribution < -0.4 is 11.1 Å². The summed E-state index contributed by atoms with van der Waals surface area (Å²) in [6, 6.07) is 9.42. The summed E-state index contributed by atoms with van der Waals surface area (Å²) in [4.78, 5) is 11.7. The van der Waals surface area contributed by atoms with Crippen LogP contribution in [0.4, 0.5) is 0 Å². The maximum Gasteiger partial charge on any atom is 0.237 e. The van der Waals surface area contributed by atoms with Crippen LogP contribution in [0.1, 0.15) is 25.8 Å². The molecule has 0 aliphatic heterocycles. The average molecular weight is 220 g/mol. The lowest BCUT2D eigenvalue weighted by Crippen LogP contribution is -2.44. The second-order valence-corrected chi connectivity index (χ2v) is 4.11. The molecule has 3 nitrogen and oxygen atoms in total. The van der Waals surface area contributed by atoms with Gasteiger partial charge in [-0.3, -0.25) is 4.79 Å². The third-order valence-corrected chi connectivity index (χ3v) is 2.87. The molecular formula is C13H20N2O. The fourth-order valence-electron chi connectivity index (χ4n) is 1.42. The molecule has 0 radical (unpaired) electrons. The molecule has 0 saturated carbocycles. The molecule has 0 unspecified atom stereocenters. The van der Waals surface area contributed by atoms with E-state index in [9.17, 15) is 4.79 Å². The Morgan fingerprint density at radius 3 is 2.56 bits per heavy atom. The van der Waals surface area contributed by atoms with Crippen LogP contribution in [0.25, 0.3) is 0 Å². The van der Waals surface area contributed by atoms with Crippen molar-refractivity contribution in [1.82, 2.24) is 5.32 Å². The average Bonchev–Trinajstić information content (AvgIpc) is 2.35. The second-order valence-electron chi connectivity index (χ2n) is 4.11. The van der Waals surface area contributed by atoms with Crippen molar-refractivity contribution in [2.45, 2.75) is 32.9 Å². The maximum atomic E-state index is 11.7. The zero-order chi connectivity index (χ0) is 12.0. The molecule has 0 aliphatic carbocycles. The molecule has 88 valence electrons. The number of amides is 1. The lowest BCUT2D eigenvalue weighted by molar-refractivity contribution is -0.123. The predicted octanol–water partition coefficient (Wildman–Crippen LogP) is 1.68. The molecule has 0 fully saturated rings. The number of carbonyl (C=O) groups excluding carboxylic acids is 1. The first-order valence-electron chi connectivity index (χ1n) is 5.72. The summed E-state index contributed by atoms with van der Waals surface area (Å²) in [5.41, 5.74) is 6.91. The smallest absolute Gasteiger partial charge is 0.237 e. The predicted molar refractivity (Wildman–Crippen MR) is 65.7 cm³/mol. The van der Waals surface area contributed by atoms with Crippen molar-refractivity contribution in [2.24, 2.45) is 11.7 Å². The van der Waals surface area contributed by atoms with Gasteiger partial charge in [0.05, 0.1) is 6.04 Å². The molecule has 1 amide bonds. The number of benzene rings is 1. The van der Waals surface area contributed by atoms with Gasteiger partial charge in [-0.05, 0) is 11.5 Å². The van der Waals surface area contributed by atoms with Gasteiger partial charge in [0, 0.05) is 6.54 Å². The summed E-state index contributed by atoms with van der Waals surface area (Å²) in [6.45, 7) is 4.57. The largest absolute Gasteiger partial charge is 0.351 e. The minimum Gasteiger partial charge on any atom is -0.351 e. The molecule has 2 atom stereocenters. The fraction of sp³-hybridized carbons (Fsp3) is 0.462. The van der Waals surface area contributed by atoms with Crippen molar-refractivity contribution in [2.75, 3.05) is 0 Å². The van der Waals surface area contributed by atoms with Crippen LogP contribution in [0.3, 0.4) is 0 Å². The van der Waals surface area contributed by atoms with Crippen LogP contribution in [0.15, 0.2) is 30.3 Å². The monoisotopic (exact) mass is 220 g/mol. The molecule has 1 aromatic carbocycles. The number of rotatable bonds is 5. The van der Waals surface area contributed by atoms with Gasteiger partial charge in [0.25, 0.3) is 0 Å². The van der Waals surface area contributed by atoms with E-state index in [0.29, 0.717) is 6.54 Å². The van der Waals surface area contributed by atoms with E-state index in [1.165, 1.54) is 0 Å². The van der Waals surface area contributed by atoms with Crippen LogP contribution in [0, 0.1) is 5.92 Å². The van der Waals surface area contributed by atoms with Crippen molar-refractivity contribution in [1.29, 1.82) is 0 Å². The van der Waals surface area contributed by atoms with E-state index in [1.807, 2.05) is 44.2 Å². The van der Waals surface area contributed by atoms with Crippen LogP contribution in [-0.4, -0.2) is 11.9 Å². The standard InChI is InChI=1S/C13H20N2O/c1-3-10(2)12(14)13(16)15-9-11-7-5-4-6-8-11/h4-8,10,12H,3,9,14H2,1-2H3,(H,15,16)/t10-,12-/m1/s1. The molecule has 16 heavy (non-hydrogen) atoms. The van der Waals surface area contributed by atoms with Crippen molar-refractivity contribution >= 4 is 5.91 Å². The Morgan fingerprint density at radius 2 is 2.00 bits per heavy atom. The minimum atomic E-state index is -0.409. The number of carbonyl (C=O) groups is 1. The van der Waals surface area contributed by atoms with Crippen molar-refractivity contribution in [3.8, 4) is 0 Å². The van der Waals surface area contributed by atoms with Crippen LogP contribution in [-0.2, 0) is 11.3 Å². The molecule has 0 bridgehead atoms. The third kappa shape index (κ3) is 3.66. The van der Waals surface area contributed by atoms with Gasteiger partial charge in [-0.25, -0.2) is 0 Å². The van der Waals surface area contributed by atoms with Gasteiger partial charge in [0.15, 0.2) is 0 Å². The van der Waals surface area contributed by atoms with Gasteiger partial charge in [0.2, 0.25) is 5.91 Å². The number of hydrogen-bond acceptors (Lipinski definition) is 2. The topological polar surface area (TPSA) is 55.1 Å². The van der Waals surface area contributed by atoms with Gasteiger partial charge in [-0.1, -0.05) is 50.6 Å². The molecule has 0 aromatic heterocycles. The van der Waals surface area contributed by atoms with E-state index in [2.05, 4.69) is 5.32 Å². The minimum absolute atomic E-state index is 0.0711. The van der Waals surface area contributed by atoms with E-state index in [4.69, 9.17) is 5.73 Å². The highest BCUT2D eigenvalue weighted by molar-refractivity contribution is 5.81. The number of nitrogens with one attached hydrogen (secondary N) is 1. The number of nitrogens with two attached hydrogens (primary N) is 1. The maximum absolute atomic E-state index is 11.7. The fourth-order valence-corrected chi connectivity index (χ4v) is 1.42. The van der Waals surface area contributed by atoms with Crippen molar-refractivity contribution in [3.05, 3.63) is 35.9 Å². The molecule has 1 rings (SSSR count). The Labute approximate surface area is 97.0 Å². The lowest BCUT2D eigenvalue weighted by Gasteiger charge is -2.17. The zero-order valence-corrected chi connectivity index (χ0v) is 9.94. The molecule has 0 saturated heterocycles. The SMILES string of the molecule is CC[C@@H](C)[C@@H](N)C(=O)NCc1ccccc1. The molecule has 1 aromatic rings. The van der Waals surface area contributed by atoms with Gasteiger partial charge in [-0.2, -0.15) is 0 Å². The molecule has 0 heterocycles. The first-order chi connectivity index (χ1) is 7.65. The Kier molecular flexibility index (Phi) is 4.99. The van der Waals surface area contributed by atoms with Gasteiger partial charge < -0.3 is 11.1 Å². The van der Waals surface area contributed by atoms with Crippen molar-refractivity contribution < 1.29 is 4.79 Å². The van der Waals surface area contributed by atoms with E-state index >= 15 is 0 Å². The van der Waals surface area contributed by atoms with Crippen LogP contribution in [0.2, 0.25) is 0 Å². The highest BCUT2D eigenvalue weighted by Gasteiger charge is 2.18. The zero-order valence-electron chi connectivity index (χ0n) is 9.94. The normalized spacial score (nSPS) is 14.2. The molecule has 0 aliphatic rings. The summed E-state index contributed by atoms with van der Waals surface area (Å²) < 4.78 is 0. The van der Waals surface area contributed by atoms with Crippen molar-refractivity contribution in [3.63, 3.8) is 0 Å². The van der Waals surface area contributed by atoms with E-state index in [-0.39, 0.29) is 11.8 Å². The van der Waals surface area contributed by atoms with E-state index in [1.54, 1.807) is 0 Å². The summed E-state index contributed by atoms with van der Waals surface area (Å²) in [5, 5.41) is 2.85. The summed E-state index contributed by atoms with van der Waals surface area (Å²) >= 11 is 0. The number of hydrogen-bond donors (Lipinski definition) is 2. The van der Waals surface area contributed by atoms with Gasteiger partial charge in [0.1, 0.15) is 0 Å². The molecule has 0 spiro atoms. The first kappa shape index (κ1) is 12.7. The van der Waals surface area contributed by atoms with Gasteiger partial charge >= 0.3 is 0 Å². The third-order valence-electron chi connectivity index (χ3n) is 2.87.